The van der Waals surface area contributed by atoms with E-state index >= 15 is 0 Å². The Morgan fingerprint density at radius 1 is 1.08 bits per heavy atom. The molecule has 1 N–H and O–H groups in total. The second kappa shape index (κ2) is 6.11. The molecule has 2 heterocycles. The molecule has 1 aromatic heterocycles. The van der Waals surface area contributed by atoms with Crippen molar-refractivity contribution in [1.29, 1.82) is 0 Å². The molecule has 1 aliphatic heterocycles. The van der Waals surface area contributed by atoms with Gasteiger partial charge >= 0.3 is 0 Å². The fraction of sp³-hybridized carbons (Fsp3) is 0.211. The third-order valence-electron chi connectivity index (χ3n) is 4.17. The molecule has 1 saturated heterocycles. The molecule has 3 aromatic rings. The van der Waals surface area contributed by atoms with E-state index in [1.165, 1.54) is 0 Å². The Hall–Kier alpha value is -2.63. The molecule has 1 aliphatic rings. The summed E-state index contributed by atoms with van der Waals surface area (Å²) in [5.41, 5.74) is 2.80. The number of H-pyrrole nitrogens is 1. The molecule has 24 heavy (non-hydrogen) atoms. The Morgan fingerprint density at radius 2 is 1.88 bits per heavy atom. The predicted molar refractivity (Wildman–Crippen MR) is 91.2 cm³/mol. The molecule has 5 nitrogen and oxygen atoms in total. The summed E-state index contributed by atoms with van der Waals surface area (Å²) in [7, 11) is 1.62. The standard InChI is InChI=1S/C19H17NO4/c1-22-13-6-4-5-12(11-13)16-14-7-2-3-8-15(14)20-18(21)17(16)19-23-9-10-24-19/h2-8,11,19H,9-10H2,1H3,(H,20,21). The van der Waals surface area contributed by atoms with Gasteiger partial charge in [-0.3, -0.25) is 4.79 Å². The molecule has 0 spiro atoms. The van der Waals surface area contributed by atoms with E-state index in [4.69, 9.17) is 14.2 Å². The Morgan fingerprint density at radius 3 is 2.67 bits per heavy atom. The van der Waals surface area contributed by atoms with E-state index in [-0.39, 0.29) is 5.56 Å². The van der Waals surface area contributed by atoms with Crippen LogP contribution in [0.4, 0.5) is 0 Å². The highest BCUT2D eigenvalue weighted by Gasteiger charge is 2.27. The molecule has 0 saturated carbocycles. The lowest BCUT2D eigenvalue weighted by Crippen LogP contribution is -2.19. The fourth-order valence-electron chi connectivity index (χ4n) is 3.10. The largest absolute Gasteiger partial charge is 0.497 e. The van der Waals surface area contributed by atoms with Gasteiger partial charge in [-0.2, -0.15) is 0 Å². The van der Waals surface area contributed by atoms with Gasteiger partial charge in [-0.15, -0.1) is 0 Å². The first-order chi connectivity index (χ1) is 11.8. The smallest absolute Gasteiger partial charge is 0.257 e. The molecule has 0 unspecified atom stereocenters. The van der Waals surface area contributed by atoms with Crippen molar-refractivity contribution in [3.05, 3.63) is 64.4 Å². The number of hydrogen-bond donors (Lipinski definition) is 1. The Balaban J connectivity index is 2.06. The summed E-state index contributed by atoms with van der Waals surface area (Å²) in [6, 6.07) is 15.4. The van der Waals surface area contributed by atoms with Crippen LogP contribution >= 0.6 is 0 Å². The minimum atomic E-state index is -0.653. The van der Waals surface area contributed by atoms with Gasteiger partial charge in [-0.25, -0.2) is 0 Å². The van der Waals surface area contributed by atoms with Gasteiger partial charge in [0.05, 0.1) is 25.9 Å². The maximum absolute atomic E-state index is 12.7. The number of rotatable bonds is 3. The molecule has 0 bridgehead atoms. The van der Waals surface area contributed by atoms with Gasteiger partial charge in [-0.1, -0.05) is 30.3 Å². The monoisotopic (exact) mass is 323 g/mol. The summed E-state index contributed by atoms with van der Waals surface area (Å²) in [4.78, 5) is 15.6. The first-order valence-corrected chi connectivity index (χ1v) is 7.80. The van der Waals surface area contributed by atoms with E-state index < -0.39 is 6.29 Å². The highest BCUT2D eigenvalue weighted by molar-refractivity contribution is 5.96. The van der Waals surface area contributed by atoms with E-state index in [1.807, 2.05) is 48.5 Å². The average Bonchev–Trinajstić information content (AvgIpc) is 3.14. The van der Waals surface area contributed by atoms with E-state index in [0.29, 0.717) is 18.8 Å². The molecule has 122 valence electrons. The molecule has 1 fully saturated rings. The lowest BCUT2D eigenvalue weighted by Gasteiger charge is -2.17. The number of benzene rings is 2. The van der Waals surface area contributed by atoms with Crippen LogP contribution < -0.4 is 10.3 Å². The van der Waals surface area contributed by atoms with E-state index in [0.717, 1.165) is 27.8 Å². The number of nitrogens with one attached hydrogen (secondary N) is 1. The number of methoxy groups -OCH3 is 1. The molecule has 0 atom stereocenters. The summed E-state index contributed by atoms with van der Waals surface area (Å²) in [6.45, 7) is 0.961. The van der Waals surface area contributed by atoms with Gasteiger partial charge in [-0.05, 0) is 23.8 Å². The molecule has 0 radical (unpaired) electrons. The van der Waals surface area contributed by atoms with Crippen LogP contribution in [0.15, 0.2) is 53.3 Å². The van der Waals surface area contributed by atoms with Crippen molar-refractivity contribution >= 4 is 10.9 Å². The fourth-order valence-corrected chi connectivity index (χ4v) is 3.10. The van der Waals surface area contributed by atoms with Crippen molar-refractivity contribution in [3.8, 4) is 16.9 Å². The normalized spacial score (nSPS) is 15.0. The summed E-state index contributed by atoms with van der Waals surface area (Å²) >= 11 is 0. The van der Waals surface area contributed by atoms with Crippen molar-refractivity contribution < 1.29 is 14.2 Å². The zero-order valence-corrected chi connectivity index (χ0v) is 13.2. The van der Waals surface area contributed by atoms with Gasteiger partial charge in [0.2, 0.25) is 0 Å². The second-order valence-corrected chi connectivity index (χ2v) is 5.59. The molecular weight excluding hydrogens is 306 g/mol. The lowest BCUT2D eigenvalue weighted by atomic mass is 9.95. The SMILES string of the molecule is COc1cccc(-c2c(C3OCCO3)c(=O)[nH]c3ccccc23)c1. The maximum atomic E-state index is 12.7. The van der Waals surface area contributed by atoms with Crippen molar-refractivity contribution in [1.82, 2.24) is 4.98 Å². The molecular formula is C19H17NO4. The minimum Gasteiger partial charge on any atom is -0.497 e. The highest BCUT2D eigenvalue weighted by atomic mass is 16.7. The van der Waals surface area contributed by atoms with Gasteiger partial charge < -0.3 is 19.2 Å². The Bertz CT molecular complexity index is 941. The summed E-state index contributed by atoms with van der Waals surface area (Å²) in [5.74, 6) is 0.732. The van der Waals surface area contributed by atoms with E-state index in [9.17, 15) is 4.79 Å². The van der Waals surface area contributed by atoms with Crippen LogP contribution in [-0.2, 0) is 9.47 Å². The number of ether oxygens (including phenoxy) is 3. The van der Waals surface area contributed by atoms with Crippen LogP contribution in [0.5, 0.6) is 5.75 Å². The van der Waals surface area contributed by atoms with Crippen LogP contribution in [0, 0.1) is 0 Å². The van der Waals surface area contributed by atoms with E-state index in [1.54, 1.807) is 7.11 Å². The average molecular weight is 323 g/mol. The zero-order chi connectivity index (χ0) is 16.5. The van der Waals surface area contributed by atoms with Crippen molar-refractivity contribution in [2.45, 2.75) is 6.29 Å². The third-order valence-corrected chi connectivity index (χ3v) is 4.17. The lowest BCUT2D eigenvalue weighted by molar-refractivity contribution is -0.0445. The molecule has 0 amide bonds. The Kier molecular flexibility index (Phi) is 3.80. The summed E-state index contributed by atoms with van der Waals surface area (Å²) in [6.07, 6.45) is -0.653. The predicted octanol–water partition coefficient (Wildman–Crippen LogP) is 3.25. The number of pyridine rings is 1. The number of para-hydroxylation sites is 1. The van der Waals surface area contributed by atoms with Crippen LogP contribution in [0.1, 0.15) is 11.9 Å². The van der Waals surface area contributed by atoms with Crippen LogP contribution in [0.2, 0.25) is 0 Å². The number of aromatic amines is 1. The van der Waals surface area contributed by atoms with Gasteiger partial charge in [0.25, 0.3) is 5.56 Å². The maximum Gasteiger partial charge on any atom is 0.257 e. The molecule has 0 aliphatic carbocycles. The quantitative estimate of drug-likeness (QED) is 0.804. The first-order valence-electron chi connectivity index (χ1n) is 7.80. The highest BCUT2D eigenvalue weighted by Crippen LogP contribution is 2.36. The topological polar surface area (TPSA) is 60.6 Å². The van der Waals surface area contributed by atoms with Gasteiger partial charge in [0.1, 0.15) is 5.75 Å². The first kappa shape index (κ1) is 14.9. The van der Waals surface area contributed by atoms with Gasteiger partial charge in [0.15, 0.2) is 6.29 Å². The van der Waals surface area contributed by atoms with Crippen molar-refractivity contribution in [2.75, 3.05) is 20.3 Å². The number of aromatic nitrogens is 1. The second-order valence-electron chi connectivity index (χ2n) is 5.59. The molecule has 4 rings (SSSR count). The van der Waals surface area contributed by atoms with Crippen LogP contribution in [0.3, 0.4) is 0 Å². The number of fused-ring (bicyclic) bond motifs is 1. The molecule has 5 heteroatoms. The van der Waals surface area contributed by atoms with Crippen LogP contribution in [0.25, 0.3) is 22.0 Å². The van der Waals surface area contributed by atoms with Crippen molar-refractivity contribution in [2.24, 2.45) is 0 Å². The summed E-state index contributed by atoms with van der Waals surface area (Å²) in [5, 5.41) is 0.944. The Labute approximate surface area is 138 Å². The van der Waals surface area contributed by atoms with Crippen LogP contribution in [-0.4, -0.2) is 25.3 Å². The van der Waals surface area contributed by atoms with Gasteiger partial charge in [0, 0.05) is 16.5 Å². The van der Waals surface area contributed by atoms with Crippen molar-refractivity contribution in [3.63, 3.8) is 0 Å². The van der Waals surface area contributed by atoms with E-state index in [2.05, 4.69) is 4.98 Å². The minimum absolute atomic E-state index is 0.196. The molecule has 2 aromatic carbocycles. The zero-order valence-electron chi connectivity index (χ0n) is 13.2. The number of hydrogen-bond acceptors (Lipinski definition) is 4. The third kappa shape index (κ3) is 2.48. The summed E-state index contributed by atoms with van der Waals surface area (Å²) < 4.78 is 16.6.